The van der Waals surface area contributed by atoms with Gasteiger partial charge in [-0.2, -0.15) is 5.26 Å². The number of thiophene rings is 1. The van der Waals surface area contributed by atoms with Crippen LogP contribution in [0.1, 0.15) is 45.6 Å². The summed E-state index contributed by atoms with van der Waals surface area (Å²) in [4.78, 5) is 14.1. The summed E-state index contributed by atoms with van der Waals surface area (Å²) in [5.74, 6) is 0.542. The van der Waals surface area contributed by atoms with Gasteiger partial charge < -0.3 is 14.8 Å². The van der Waals surface area contributed by atoms with Crippen LogP contribution in [0.5, 0.6) is 11.5 Å². The number of hydrogen-bond acceptors (Lipinski definition) is 7. The van der Waals surface area contributed by atoms with E-state index < -0.39 is 10.0 Å². The van der Waals surface area contributed by atoms with E-state index in [1.54, 1.807) is 18.2 Å². The van der Waals surface area contributed by atoms with Crippen LogP contribution in [0.2, 0.25) is 0 Å². The van der Waals surface area contributed by atoms with Gasteiger partial charge in [-0.15, -0.1) is 11.3 Å². The molecule has 0 saturated carbocycles. The van der Waals surface area contributed by atoms with Crippen molar-refractivity contribution in [1.29, 1.82) is 5.26 Å². The van der Waals surface area contributed by atoms with Crippen molar-refractivity contribution in [1.82, 2.24) is 0 Å². The number of benzene rings is 2. The van der Waals surface area contributed by atoms with Gasteiger partial charge in [0.15, 0.2) is 11.5 Å². The summed E-state index contributed by atoms with van der Waals surface area (Å²) < 4.78 is 39.1. The summed E-state index contributed by atoms with van der Waals surface area (Å²) in [5, 5.41) is 13.1. The van der Waals surface area contributed by atoms with Gasteiger partial charge in [-0.3, -0.25) is 9.52 Å². The van der Waals surface area contributed by atoms with Gasteiger partial charge in [-0.05, 0) is 67.6 Å². The Morgan fingerprint density at radius 1 is 0.971 bits per heavy atom. The van der Waals surface area contributed by atoms with E-state index in [9.17, 15) is 18.5 Å². The highest BCUT2D eigenvalue weighted by molar-refractivity contribution is 7.92. The number of amides is 1. The molecule has 1 aliphatic heterocycles. The molecule has 8 nitrogen and oxygen atoms in total. The third-order valence-electron chi connectivity index (χ3n) is 5.98. The van der Waals surface area contributed by atoms with E-state index in [0.29, 0.717) is 46.5 Å². The first-order valence-electron chi connectivity index (χ1n) is 11.3. The van der Waals surface area contributed by atoms with Crippen LogP contribution < -0.4 is 19.5 Å². The molecule has 2 N–H and O–H groups in total. The quantitative estimate of drug-likeness (QED) is 0.481. The number of carbonyl (C=O) groups is 1. The Morgan fingerprint density at radius 2 is 1.71 bits per heavy atom. The van der Waals surface area contributed by atoms with Crippen molar-refractivity contribution in [3.05, 3.63) is 64.0 Å². The number of sulfonamides is 1. The molecule has 2 heterocycles. The molecule has 5 rings (SSSR count). The van der Waals surface area contributed by atoms with E-state index in [4.69, 9.17) is 9.47 Å². The summed E-state index contributed by atoms with van der Waals surface area (Å²) in [7, 11) is -3.86. The van der Waals surface area contributed by atoms with Crippen LogP contribution in [0.4, 0.5) is 10.7 Å². The average Bonchev–Trinajstić information content (AvgIpc) is 3.02. The molecule has 0 saturated heterocycles. The number of aryl methyl sites for hydroxylation is 1. The van der Waals surface area contributed by atoms with E-state index in [2.05, 4.69) is 16.1 Å². The molecule has 35 heavy (non-hydrogen) atoms. The standard InChI is InChI=1S/C25H23N3O5S2/c26-15-20-19-4-2-1-3-5-23(19)34-25(20)27-24(29)16-6-8-17(9-7-16)28-35(30,31)18-10-11-21-22(14-18)33-13-12-32-21/h6-11,14,28H,1-5,12-13H2,(H,27,29). The Labute approximate surface area is 207 Å². The van der Waals surface area contributed by atoms with Crippen molar-refractivity contribution in [2.24, 2.45) is 0 Å². The molecule has 1 amide bonds. The lowest BCUT2D eigenvalue weighted by atomic mass is 10.1. The zero-order valence-electron chi connectivity index (χ0n) is 18.8. The van der Waals surface area contributed by atoms with Gasteiger partial charge in [0.05, 0.1) is 10.5 Å². The summed E-state index contributed by atoms with van der Waals surface area (Å²) in [6.45, 7) is 0.779. The number of nitriles is 1. The molecule has 1 aliphatic carbocycles. The van der Waals surface area contributed by atoms with Crippen molar-refractivity contribution < 1.29 is 22.7 Å². The predicted octanol–water partition coefficient (Wildman–Crippen LogP) is 4.71. The molecule has 0 radical (unpaired) electrons. The number of hydrogen-bond donors (Lipinski definition) is 2. The Bertz CT molecular complexity index is 1420. The fraction of sp³-hybridized carbons (Fsp3) is 0.280. The number of nitrogens with zero attached hydrogens (tertiary/aromatic N) is 1. The average molecular weight is 510 g/mol. The van der Waals surface area contributed by atoms with Gasteiger partial charge in [-0.1, -0.05) is 6.42 Å². The third-order valence-corrected chi connectivity index (χ3v) is 8.57. The van der Waals surface area contributed by atoms with E-state index >= 15 is 0 Å². The topological polar surface area (TPSA) is 118 Å². The number of ether oxygens (including phenoxy) is 2. The van der Waals surface area contributed by atoms with E-state index in [1.807, 2.05) is 0 Å². The molecule has 0 bridgehead atoms. The van der Waals surface area contributed by atoms with E-state index in [-0.39, 0.29) is 10.8 Å². The maximum Gasteiger partial charge on any atom is 0.262 e. The van der Waals surface area contributed by atoms with Gasteiger partial charge in [-0.25, -0.2) is 8.42 Å². The van der Waals surface area contributed by atoms with E-state index in [1.165, 1.54) is 40.5 Å². The summed E-state index contributed by atoms with van der Waals surface area (Å²) in [6, 6.07) is 12.8. The normalized spacial score (nSPS) is 14.8. The molecule has 10 heteroatoms. The minimum absolute atomic E-state index is 0.0464. The first-order valence-corrected chi connectivity index (χ1v) is 13.6. The van der Waals surface area contributed by atoms with Crippen molar-refractivity contribution in [2.75, 3.05) is 23.3 Å². The third kappa shape index (κ3) is 4.83. The molecule has 0 atom stereocenters. The number of carbonyl (C=O) groups excluding carboxylic acids is 1. The Balaban J connectivity index is 1.29. The number of fused-ring (bicyclic) bond motifs is 2. The van der Waals surface area contributed by atoms with Crippen LogP contribution in [-0.4, -0.2) is 27.5 Å². The number of anilines is 2. The van der Waals surface area contributed by atoms with Crippen LogP contribution >= 0.6 is 11.3 Å². The molecule has 0 unspecified atom stereocenters. The van der Waals surface area contributed by atoms with E-state index in [0.717, 1.165) is 37.7 Å². The van der Waals surface area contributed by atoms with Crippen LogP contribution in [0, 0.1) is 11.3 Å². The highest BCUT2D eigenvalue weighted by atomic mass is 32.2. The predicted molar refractivity (Wildman–Crippen MR) is 133 cm³/mol. The van der Waals surface area contributed by atoms with Crippen molar-refractivity contribution in [3.63, 3.8) is 0 Å². The highest BCUT2D eigenvalue weighted by Crippen LogP contribution is 2.37. The lowest BCUT2D eigenvalue weighted by Crippen LogP contribution is -2.17. The largest absolute Gasteiger partial charge is 0.486 e. The SMILES string of the molecule is N#Cc1c(NC(=O)c2ccc(NS(=O)(=O)c3ccc4c(c3)OCCO4)cc2)sc2c1CCCCC2. The maximum absolute atomic E-state index is 12.8. The molecule has 1 aromatic heterocycles. The summed E-state index contributed by atoms with van der Waals surface area (Å²) in [5.41, 5.74) is 2.30. The Morgan fingerprint density at radius 3 is 2.49 bits per heavy atom. The second-order valence-electron chi connectivity index (χ2n) is 8.32. The summed E-state index contributed by atoms with van der Waals surface area (Å²) in [6.07, 6.45) is 5.09. The Hall–Kier alpha value is -3.55. The molecular formula is C25H23N3O5S2. The van der Waals surface area contributed by atoms with Gasteiger partial charge >= 0.3 is 0 Å². The van der Waals surface area contributed by atoms with Gasteiger partial charge in [0.25, 0.3) is 15.9 Å². The van der Waals surface area contributed by atoms with Crippen molar-refractivity contribution in [2.45, 2.75) is 37.0 Å². The molecule has 0 spiro atoms. The molecule has 2 aliphatic rings. The molecule has 3 aromatic rings. The van der Waals surface area contributed by atoms with Crippen LogP contribution in [0.3, 0.4) is 0 Å². The van der Waals surface area contributed by atoms with Gasteiger partial charge in [0.2, 0.25) is 0 Å². The molecule has 2 aromatic carbocycles. The molecular weight excluding hydrogens is 486 g/mol. The maximum atomic E-state index is 12.8. The van der Waals surface area contributed by atoms with Gasteiger partial charge in [0, 0.05) is 22.2 Å². The van der Waals surface area contributed by atoms with Gasteiger partial charge in [0.1, 0.15) is 24.3 Å². The molecule has 180 valence electrons. The highest BCUT2D eigenvalue weighted by Gasteiger charge is 2.22. The van der Waals surface area contributed by atoms with Crippen molar-refractivity contribution >= 4 is 38.0 Å². The van der Waals surface area contributed by atoms with Crippen LogP contribution in [0.25, 0.3) is 0 Å². The van der Waals surface area contributed by atoms with Crippen molar-refractivity contribution in [3.8, 4) is 17.6 Å². The zero-order valence-corrected chi connectivity index (χ0v) is 20.4. The van der Waals surface area contributed by atoms with Crippen LogP contribution in [0.15, 0.2) is 47.4 Å². The summed E-state index contributed by atoms with van der Waals surface area (Å²) >= 11 is 1.48. The minimum Gasteiger partial charge on any atom is -0.486 e. The first-order chi connectivity index (χ1) is 16.9. The lowest BCUT2D eigenvalue weighted by Gasteiger charge is -2.19. The van der Waals surface area contributed by atoms with Crippen LogP contribution in [-0.2, 0) is 22.9 Å². The lowest BCUT2D eigenvalue weighted by molar-refractivity contribution is 0.102. The fourth-order valence-corrected chi connectivity index (χ4v) is 6.53. The number of nitrogens with one attached hydrogen (secondary N) is 2. The molecule has 0 fully saturated rings. The second kappa shape index (κ2) is 9.60. The number of rotatable bonds is 5. The monoisotopic (exact) mass is 509 g/mol. The Kier molecular flexibility index (Phi) is 6.36. The first kappa shape index (κ1) is 23.2. The second-order valence-corrected chi connectivity index (χ2v) is 11.1. The zero-order chi connectivity index (χ0) is 24.4. The fourth-order valence-electron chi connectivity index (χ4n) is 4.22. The minimum atomic E-state index is -3.86. The smallest absolute Gasteiger partial charge is 0.262 e.